The molecule has 1 aliphatic heterocycles. The van der Waals surface area contributed by atoms with Crippen LogP contribution in [0.25, 0.3) is 22.6 Å². The van der Waals surface area contributed by atoms with E-state index in [1.54, 1.807) is 28.5 Å². The van der Waals surface area contributed by atoms with Gasteiger partial charge in [0.05, 0.1) is 32.2 Å². The minimum Gasteiger partial charge on any atom is -0.493 e. The number of methoxy groups -OCH3 is 1. The van der Waals surface area contributed by atoms with Crippen LogP contribution in [0.1, 0.15) is 32.0 Å². The second-order valence-electron chi connectivity index (χ2n) is 10.7. The third kappa shape index (κ3) is 5.80. The molecular weight excluding hydrogens is 522 g/mol. The molecule has 1 saturated heterocycles. The summed E-state index contributed by atoms with van der Waals surface area (Å²) in [7, 11) is 1.45. The predicted molar refractivity (Wildman–Crippen MR) is 142 cm³/mol. The van der Waals surface area contributed by atoms with E-state index in [4.69, 9.17) is 14.2 Å². The molecule has 0 N–H and O–H groups in total. The molecule has 0 bridgehead atoms. The maximum absolute atomic E-state index is 15.3. The quantitative estimate of drug-likeness (QED) is 0.323. The number of hydrogen-bond acceptors (Lipinski definition) is 8. The number of nitrogens with zero attached hydrogens (tertiary/aromatic N) is 6. The van der Waals surface area contributed by atoms with E-state index in [9.17, 15) is 9.18 Å². The third-order valence-corrected chi connectivity index (χ3v) is 6.34. The number of benzene rings is 1. The van der Waals surface area contributed by atoms with Gasteiger partial charge in [-0.25, -0.2) is 18.6 Å². The Labute approximate surface area is 229 Å². The fourth-order valence-electron chi connectivity index (χ4n) is 4.39. The number of aromatic nitrogens is 5. The van der Waals surface area contributed by atoms with Gasteiger partial charge in [-0.1, -0.05) is 6.07 Å². The van der Waals surface area contributed by atoms with E-state index in [1.807, 2.05) is 20.8 Å². The molecule has 5 rings (SSSR count). The molecule has 0 radical (unpaired) electrons. The van der Waals surface area contributed by atoms with Gasteiger partial charge in [0.1, 0.15) is 34.3 Å². The highest BCUT2D eigenvalue weighted by molar-refractivity contribution is 5.79. The monoisotopic (exact) mass is 552 g/mol. The molecule has 1 amide bonds. The molecule has 10 nitrogen and oxygen atoms in total. The molecule has 12 heteroatoms. The SMILES string of the molecule is COc1nc(C)c2nc(-c3cncc(F)c3)n(Cc3ccc(OCC4CN(C(=O)OC(C)(C)C)C4)cc3F)c2n1. The lowest BCUT2D eigenvalue weighted by Gasteiger charge is -2.39. The van der Waals surface area contributed by atoms with Crippen LogP contribution in [0.2, 0.25) is 0 Å². The highest BCUT2D eigenvalue weighted by atomic mass is 19.1. The van der Waals surface area contributed by atoms with Crippen molar-refractivity contribution in [3.63, 3.8) is 0 Å². The Balaban J connectivity index is 1.33. The lowest BCUT2D eigenvalue weighted by molar-refractivity contribution is -0.00782. The predicted octanol–water partition coefficient (Wildman–Crippen LogP) is 4.78. The summed E-state index contributed by atoms with van der Waals surface area (Å²) in [4.78, 5) is 31.0. The number of rotatable bonds is 7. The number of fused-ring (bicyclic) bond motifs is 1. The van der Waals surface area contributed by atoms with Crippen LogP contribution >= 0.6 is 0 Å². The molecule has 1 fully saturated rings. The Kier molecular flexibility index (Phi) is 7.26. The summed E-state index contributed by atoms with van der Waals surface area (Å²) in [6, 6.07) is 6.08. The first-order valence-corrected chi connectivity index (χ1v) is 12.8. The van der Waals surface area contributed by atoms with E-state index in [0.29, 0.717) is 59.3 Å². The number of aryl methyl sites for hydroxylation is 1. The van der Waals surface area contributed by atoms with E-state index in [-0.39, 0.29) is 24.6 Å². The zero-order chi connectivity index (χ0) is 28.6. The second kappa shape index (κ2) is 10.7. The number of carbonyl (C=O) groups is 1. The van der Waals surface area contributed by atoms with Gasteiger partial charge in [-0.15, -0.1) is 0 Å². The van der Waals surface area contributed by atoms with Crippen LogP contribution in [0.5, 0.6) is 11.8 Å². The van der Waals surface area contributed by atoms with Gasteiger partial charge in [0.25, 0.3) is 0 Å². The summed E-state index contributed by atoms with van der Waals surface area (Å²) in [5, 5.41) is 0. The Morgan fingerprint density at radius 3 is 2.55 bits per heavy atom. The van der Waals surface area contributed by atoms with Crippen molar-refractivity contribution in [3.8, 4) is 23.1 Å². The van der Waals surface area contributed by atoms with Gasteiger partial charge in [-0.3, -0.25) is 4.98 Å². The molecule has 1 aliphatic rings. The average Bonchev–Trinajstić information content (AvgIpc) is 3.22. The number of hydrogen-bond donors (Lipinski definition) is 0. The van der Waals surface area contributed by atoms with Gasteiger partial charge in [0, 0.05) is 42.4 Å². The number of halogens is 2. The van der Waals surface area contributed by atoms with Crippen molar-refractivity contribution in [1.29, 1.82) is 0 Å². The van der Waals surface area contributed by atoms with Crippen LogP contribution in [-0.4, -0.2) is 67.9 Å². The van der Waals surface area contributed by atoms with Gasteiger partial charge in [-0.2, -0.15) is 9.97 Å². The molecule has 4 heterocycles. The number of amides is 1. The molecule has 4 aromatic rings. The first-order valence-electron chi connectivity index (χ1n) is 12.8. The molecule has 0 atom stereocenters. The molecule has 210 valence electrons. The summed E-state index contributed by atoms with van der Waals surface area (Å²) < 4.78 is 47.4. The Morgan fingerprint density at radius 2 is 1.88 bits per heavy atom. The van der Waals surface area contributed by atoms with Gasteiger partial charge in [0.2, 0.25) is 0 Å². The van der Waals surface area contributed by atoms with Crippen molar-refractivity contribution in [3.05, 3.63) is 59.6 Å². The largest absolute Gasteiger partial charge is 0.493 e. The van der Waals surface area contributed by atoms with Gasteiger partial charge in [0.15, 0.2) is 5.65 Å². The normalized spacial score (nSPS) is 13.8. The van der Waals surface area contributed by atoms with Crippen LogP contribution in [-0.2, 0) is 11.3 Å². The van der Waals surface area contributed by atoms with Gasteiger partial charge >= 0.3 is 12.1 Å². The van der Waals surface area contributed by atoms with E-state index in [0.717, 1.165) is 6.20 Å². The van der Waals surface area contributed by atoms with Crippen LogP contribution in [0.4, 0.5) is 13.6 Å². The Bertz CT molecular complexity index is 1560. The van der Waals surface area contributed by atoms with Crippen molar-refractivity contribution < 1.29 is 27.8 Å². The van der Waals surface area contributed by atoms with Gasteiger partial charge in [-0.05, 0) is 39.8 Å². The van der Waals surface area contributed by atoms with Crippen molar-refractivity contribution >= 4 is 17.3 Å². The number of pyridine rings is 1. The van der Waals surface area contributed by atoms with Crippen LogP contribution in [0.15, 0.2) is 36.7 Å². The molecular formula is C28H30F2N6O4. The second-order valence-corrected chi connectivity index (χ2v) is 10.7. The van der Waals surface area contributed by atoms with Gasteiger partial charge < -0.3 is 23.7 Å². The lowest BCUT2D eigenvalue weighted by atomic mass is 10.0. The third-order valence-electron chi connectivity index (χ3n) is 6.34. The maximum Gasteiger partial charge on any atom is 0.410 e. The summed E-state index contributed by atoms with van der Waals surface area (Å²) in [5.74, 6) is -0.129. The summed E-state index contributed by atoms with van der Waals surface area (Å²) in [5.41, 5.74) is 1.69. The smallest absolute Gasteiger partial charge is 0.410 e. The number of carbonyl (C=O) groups excluding carboxylic acids is 1. The van der Waals surface area contributed by atoms with Crippen LogP contribution < -0.4 is 9.47 Å². The fourth-order valence-corrected chi connectivity index (χ4v) is 4.39. The number of imidazole rings is 1. The van der Waals surface area contributed by atoms with E-state index >= 15 is 4.39 Å². The standard InChI is InChI=1S/C28H30F2N6O4/c1-16-23-25(34-26(32-16)38-5)36(24(33-23)19-8-20(29)11-31-10-19)14-18-6-7-21(9-22(18)30)39-15-17-12-35(13-17)27(37)40-28(2,3)4/h6-11,17H,12-15H2,1-5H3. The highest BCUT2D eigenvalue weighted by Crippen LogP contribution is 2.29. The van der Waals surface area contributed by atoms with Crippen molar-refractivity contribution in [1.82, 2.24) is 29.4 Å². The summed E-state index contributed by atoms with van der Waals surface area (Å²) in [6.45, 7) is 8.67. The number of likely N-dealkylation sites (tertiary alicyclic amines) is 1. The molecule has 0 aliphatic carbocycles. The summed E-state index contributed by atoms with van der Waals surface area (Å²) >= 11 is 0. The van der Waals surface area contributed by atoms with E-state index in [1.165, 1.54) is 25.4 Å². The zero-order valence-corrected chi connectivity index (χ0v) is 22.9. The molecule has 3 aromatic heterocycles. The fraction of sp³-hybridized carbons (Fsp3) is 0.393. The molecule has 0 unspecified atom stereocenters. The minimum absolute atomic E-state index is 0.0571. The van der Waals surface area contributed by atoms with Crippen molar-refractivity contribution in [2.75, 3.05) is 26.8 Å². The van der Waals surface area contributed by atoms with E-state index < -0.39 is 17.2 Å². The average molecular weight is 553 g/mol. The molecule has 1 aromatic carbocycles. The topological polar surface area (TPSA) is 104 Å². The lowest BCUT2D eigenvalue weighted by Crippen LogP contribution is -2.53. The molecule has 40 heavy (non-hydrogen) atoms. The molecule has 0 spiro atoms. The van der Waals surface area contributed by atoms with Crippen molar-refractivity contribution in [2.45, 2.75) is 39.8 Å². The van der Waals surface area contributed by atoms with Crippen molar-refractivity contribution in [2.24, 2.45) is 5.92 Å². The Morgan fingerprint density at radius 1 is 1.10 bits per heavy atom. The maximum atomic E-state index is 15.3. The molecule has 0 saturated carbocycles. The van der Waals surface area contributed by atoms with Crippen LogP contribution in [0.3, 0.4) is 0 Å². The first-order chi connectivity index (χ1) is 19.0. The summed E-state index contributed by atoms with van der Waals surface area (Å²) in [6.07, 6.45) is 2.23. The zero-order valence-electron chi connectivity index (χ0n) is 22.9. The highest BCUT2D eigenvalue weighted by Gasteiger charge is 2.34. The first kappa shape index (κ1) is 27.2. The van der Waals surface area contributed by atoms with Crippen LogP contribution in [0, 0.1) is 24.5 Å². The minimum atomic E-state index is -0.548. The number of ether oxygens (including phenoxy) is 3. The Hall–Kier alpha value is -4.35. The van der Waals surface area contributed by atoms with E-state index in [2.05, 4.69) is 19.9 Å².